The van der Waals surface area contributed by atoms with Crippen LogP contribution in [0.15, 0.2) is 0 Å². The quantitative estimate of drug-likeness (QED) is 0.584. The van der Waals surface area contributed by atoms with Crippen molar-refractivity contribution in [3.05, 3.63) is 0 Å². The molecule has 1 saturated carbocycles. The summed E-state index contributed by atoms with van der Waals surface area (Å²) in [6, 6.07) is -0.0240. The molecule has 0 saturated heterocycles. The summed E-state index contributed by atoms with van der Waals surface area (Å²) in [5.41, 5.74) is 5.35. The van der Waals surface area contributed by atoms with E-state index >= 15 is 0 Å². The van der Waals surface area contributed by atoms with Crippen LogP contribution in [0.1, 0.15) is 44.9 Å². The Morgan fingerprint density at radius 1 is 1.33 bits per heavy atom. The molecule has 0 aromatic heterocycles. The highest BCUT2D eigenvalue weighted by Crippen LogP contribution is 2.18. The summed E-state index contributed by atoms with van der Waals surface area (Å²) < 4.78 is 0. The van der Waals surface area contributed by atoms with Crippen LogP contribution in [0, 0.1) is 0 Å². The highest BCUT2D eigenvalue weighted by atomic mass is 16.3. The van der Waals surface area contributed by atoms with Crippen LogP contribution in [0.3, 0.4) is 0 Å². The molecule has 4 heteroatoms. The third-order valence-electron chi connectivity index (χ3n) is 2.93. The number of amides is 1. The Morgan fingerprint density at radius 2 is 2.07 bits per heavy atom. The number of carbonyl (C=O) groups excluding carboxylic acids is 1. The zero-order valence-electron chi connectivity index (χ0n) is 9.24. The number of unbranched alkanes of at least 4 members (excludes halogenated alkanes) is 1. The van der Waals surface area contributed by atoms with Gasteiger partial charge in [-0.05, 0) is 32.2 Å². The molecule has 0 unspecified atom stereocenters. The van der Waals surface area contributed by atoms with E-state index in [1.54, 1.807) is 0 Å². The summed E-state index contributed by atoms with van der Waals surface area (Å²) in [4.78, 5) is 11.5. The Hall–Kier alpha value is -0.610. The molecule has 1 fully saturated rings. The van der Waals surface area contributed by atoms with E-state index < -0.39 is 0 Å². The predicted molar refractivity (Wildman–Crippen MR) is 59.3 cm³/mol. The maximum Gasteiger partial charge on any atom is 0.220 e. The smallest absolute Gasteiger partial charge is 0.220 e. The second-order valence-electron chi connectivity index (χ2n) is 4.27. The number of nitrogens with two attached hydrogens (primary N) is 1. The molecular formula is C11H22N2O2. The highest BCUT2D eigenvalue weighted by molar-refractivity contribution is 5.76. The lowest BCUT2D eigenvalue weighted by Crippen LogP contribution is -2.45. The Balaban J connectivity index is 2.18. The normalized spacial score (nSPS) is 26.3. The van der Waals surface area contributed by atoms with Crippen molar-refractivity contribution in [1.29, 1.82) is 0 Å². The molecule has 1 aliphatic carbocycles. The summed E-state index contributed by atoms with van der Waals surface area (Å²) in [6.07, 6.45) is 5.80. The van der Waals surface area contributed by atoms with E-state index in [2.05, 4.69) is 5.32 Å². The molecule has 4 nitrogen and oxygen atoms in total. The van der Waals surface area contributed by atoms with Crippen LogP contribution in [-0.4, -0.2) is 29.7 Å². The first-order chi connectivity index (χ1) is 7.24. The van der Waals surface area contributed by atoms with Crippen molar-refractivity contribution in [3.63, 3.8) is 0 Å². The molecule has 88 valence electrons. The van der Waals surface area contributed by atoms with Gasteiger partial charge in [0.25, 0.3) is 0 Å². The van der Waals surface area contributed by atoms with Gasteiger partial charge in [-0.3, -0.25) is 4.79 Å². The van der Waals surface area contributed by atoms with E-state index in [-0.39, 0.29) is 18.1 Å². The zero-order valence-corrected chi connectivity index (χ0v) is 9.24. The van der Waals surface area contributed by atoms with Crippen molar-refractivity contribution in [2.45, 2.75) is 57.1 Å². The highest BCUT2D eigenvalue weighted by Gasteiger charge is 2.23. The largest absolute Gasteiger partial charge is 0.391 e. The van der Waals surface area contributed by atoms with E-state index in [1.807, 2.05) is 0 Å². The first-order valence-corrected chi connectivity index (χ1v) is 5.91. The van der Waals surface area contributed by atoms with Crippen LogP contribution in [0.25, 0.3) is 0 Å². The predicted octanol–water partition coefficient (Wildman–Crippen LogP) is 0.535. The van der Waals surface area contributed by atoms with Crippen molar-refractivity contribution in [1.82, 2.24) is 5.32 Å². The van der Waals surface area contributed by atoms with Crippen LogP contribution in [-0.2, 0) is 4.79 Å². The Kier molecular flexibility index (Phi) is 5.65. The molecule has 0 radical (unpaired) electrons. The molecule has 2 atom stereocenters. The maximum atomic E-state index is 11.5. The molecule has 0 aromatic rings. The molecule has 1 amide bonds. The SMILES string of the molecule is NCCCCC(=O)N[C@@H]1CCCC[C@H]1O. The number of aliphatic hydroxyl groups is 1. The monoisotopic (exact) mass is 214 g/mol. The summed E-state index contributed by atoms with van der Waals surface area (Å²) in [7, 11) is 0. The fourth-order valence-electron chi connectivity index (χ4n) is 1.99. The Bertz CT molecular complexity index is 197. The minimum absolute atomic E-state index is 0.0240. The molecule has 15 heavy (non-hydrogen) atoms. The molecule has 1 aliphatic rings. The van der Waals surface area contributed by atoms with Gasteiger partial charge < -0.3 is 16.2 Å². The lowest BCUT2D eigenvalue weighted by molar-refractivity contribution is -0.123. The molecule has 0 bridgehead atoms. The van der Waals surface area contributed by atoms with E-state index in [4.69, 9.17) is 5.73 Å². The number of hydrogen-bond acceptors (Lipinski definition) is 3. The van der Waals surface area contributed by atoms with Gasteiger partial charge in [-0.15, -0.1) is 0 Å². The van der Waals surface area contributed by atoms with E-state index in [9.17, 15) is 9.90 Å². The van der Waals surface area contributed by atoms with Crippen molar-refractivity contribution < 1.29 is 9.90 Å². The number of rotatable bonds is 5. The molecule has 0 aromatic carbocycles. The Morgan fingerprint density at radius 3 is 2.73 bits per heavy atom. The number of aliphatic hydroxyl groups excluding tert-OH is 1. The van der Waals surface area contributed by atoms with Gasteiger partial charge in [0.2, 0.25) is 5.91 Å². The van der Waals surface area contributed by atoms with Crippen LogP contribution >= 0.6 is 0 Å². The second kappa shape index (κ2) is 6.80. The topological polar surface area (TPSA) is 75.4 Å². The van der Waals surface area contributed by atoms with Gasteiger partial charge in [0, 0.05) is 6.42 Å². The third-order valence-corrected chi connectivity index (χ3v) is 2.93. The standard InChI is InChI=1S/C11H22N2O2/c12-8-4-3-7-11(15)13-9-5-1-2-6-10(9)14/h9-10,14H,1-8,12H2,(H,13,15)/t9-,10-/m1/s1. The number of nitrogens with one attached hydrogen (secondary N) is 1. The third kappa shape index (κ3) is 4.62. The summed E-state index contributed by atoms with van der Waals surface area (Å²) in [6.45, 7) is 0.638. The fourth-order valence-corrected chi connectivity index (χ4v) is 1.99. The maximum absolute atomic E-state index is 11.5. The van der Waals surface area contributed by atoms with Gasteiger partial charge in [0.05, 0.1) is 12.1 Å². The van der Waals surface area contributed by atoms with Crippen molar-refractivity contribution in [3.8, 4) is 0 Å². The van der Waals surface area contributed by atoms with Crippen molar-refractivity contribution in [2.75, 3.05) is 6.54 Å². The van der Waals surface area contributed by atoms with Gasteiger partial charge in [0.1, 0.15) is 0 Å². The molecule has 4 N–H and O–H groups in total. The average Bonchev–Trinajstić information content (AvgIpc) is 2.22. The van der Waals surface area contributed by atoms with Gasteiger partial charge >= 0.3 is 0 Å². The minimum Gasteiger partial charge on any atom is -0.391 e. The minimum atomic E-state index is -0.350. The summed E-state index contributed by atoms with van der Waals surface area (Å²) in [5.74, 6) is 0.0504. The van der Waals surface area contributed by atoms with Gasteiger partial charge in [-0.25, -0.2) is 0 Å². The first-order valence-electron chi connectivity index (χ1n) is 5.91. The lowest BCUT2D eigenvalue weighted by atomic mass is 9.92. The first kappa shape index (κ1) is 12.5. The number of carbonyl (C=O) groups is 1. The average molecular weight is 214 g/mol. The van der Waals surface area contributed by atoms with Crippen molar-refractivity contribution in [2.24, 2.45) is 5.73 Å². The summed E-state index contributed by atoms with van der Waals surface area (Å²) in [5, 5.41) is 12.6. The molecule has 0 aliphatic heterocycles. The fraction of sp³-hybridized carbons (Fsp3) is 0.909. The van der Waals surface area contributed by atoms with E-state index in [0.29, 0.717) is 13.0 Å². The molecule has 1 rings (SSSR count). The van der Waals surface area contributed by atoms with E-state index in [0.717, 1.165) is 38.5 Å². The van der Waals surface area contributed by atoms with E-state index in [1.165, 1.54) is 0 Å². The van der Waals surface area contributed by atoms with Crippen LogP contribution in [0.4, 0.5) is 0 Å². The summed E-state index contributed by atoms with van der Waals surface area (Å²) >= 11 is 0. The molecular weight excluding hydrogens is 192 g/mol. The van der Waals surface area contributed by atoms with Gasteiger partial charge in [-0.2, -0.15) is 0 Å². The van der Waals surface area contributed by atoms with Gasteiger partial charge in [0.15, 0.2) is 0 Å². The second-order valence-corrected chi connectivity index (χ2v) is 4.27. The zero-order chi connectivity index (χ0) is 11.1. The van der Waals surface area contributed by atoms with Crippen molar-refractivity contribution >= 4 is 5.91 Å². The van der Waals surface area contributed by atoms with Gasteiger partial charge in [-0.1, -0.05) is 12.8 Å². The number of hydrogen-bond donors (Lipinski definition) is 3. The molecule has 0 heterocycles. The molecule has 0 spiro atoms. The lowest BCUT2D eigenvalue weighted by Gasteiger charge is -2.28. The van der Waals surface area contributed by atoms with Crippen LogP contribution in [0.2, 0.25) is 0 Å². The van der Waals surface area contributed by atoms with Crippen LogP contribution < -0.4 is 11.1 Å². The Labute approximate surface area is 91.2 Å². The van der Waals surface area contributed by atoms with Crippen LogP contribution in [0.5, 0.6) is 0 Å².